The van der Waals surface area contributed by atoms with Gasteiger partial charge in [0.1, 0.15) is 5.75 Å². The number of carboxylic acids is 1. The van der Waals surface area contributed by atoms with Gasteiger partial charge in [0, 0.05) is 5.56 Å². The van der Waals surface area contributed by atoms with E-state index in [9.17, 15) is 14.7 Å². The van der Waals surface area contributed by atoms with E-state index in [0.717, 1.165) is 11.1 Å². The van der Waals surface area contributed by atoms with Crippen molar-refractivity contribution in [1.29, 1.82) is 0 Å². The summed E-state index contributed by atoms with van der Waals surface area (Å²) in [7, 11) is 1.56. The zero-order valence-electron chi connectivity index (χ0n) is 11.1. The molecule has 0 saturated carbocycles. The lowest BCUT2D eigenvalue weighted by Gasteiger charge is -2.36. The molecule has 1 saturated heterocycles. The third-order valence-corrected chi connectivity index (χ3v) is 3.74. The number of hydrogen-bond acceptors (Lipinski definition) is 4. The molecule has 1 aromatic rings. The Morgan fingerprint density at radius 1 is 1.26 bits per heavy atom. The number of carbonyl (C=O) groups is 2. The molecular weight excluding hydrogens is 248 g/mol. The lowest BCUT2D eigenvalue weighted by molar-refractivity contribution is -0.169. The average molecular weight is 264 g/mol. The van der Waals surface area contributed by atoms with E-state index in [1.807, 2.05) is 6.92 Å². The highest BCUT2D eigenvalue weighted by Crippen LogP contribution is 2.35. The quantitative estimate of drug-likeness (QED) is 0.660. The molecule has 0 bridgehead atoms. The summed E-state index contributed by atoms with van der Waals surface area (Å²) in [6.07, 6.45) is 0. The van der Waals surface area contributed by atoms with Gasteiger partial charge in [0.25, 0.3) is 0 Å². The van der Waals surface area contributed by atoms with Crippen molar-refractivity contribution in [2.45, 2.75) is 13.8 Å². The number of carboxylic acid groups (broad SMARTS) is 1. The van der Waals surface area contributed by atoms with Crippen molar-refractivity contribution in [3.63, 3.8) is 0 Å². The monoisotopic (exact) mass is 264 g/mol. The first-order valence-electron chi connectivity index (χ1n) is 5.94. The SMILES string of the molecule is COc1ccc(C(=O)C2(C(=O)O)COC2)c(C)c1C. The second-order valence-corrected chi connectivity index (χ2v) is 4.77. The number of ketones is 1. The van der Waals surface area contributed by atoms with Gasteiger partial charge in [0.15, 0.2) is 11.2 Å². The Kier molecular flexibility index (Phi) is 3.32. The van der Waals surface area contributed by atoms with Crippen molar-refractivity contribution in [3.05, 3.63) is 28.8 Å². The maximum atomic E-state index is 12.5. The summed E-state index contributed by atoms with van der Waals surface area (Å²) in [5.41, 5.74) is 0.584. The molecule has 0 amide bonds. The van der Waals surface area contributed by atoms with Gasteiger partial charge in [-0.2, -0.15) is 0 Å². The summed E-state index contributed by atoms with van der Waals surface area (Å²) < 4.78 is 10.1. The van der Waals surface area contributed by atoms with Gasteiger partial charge in [-0.3, -0.25) is 9.59 Å². The highest BCUT2D eigenvalue weighted by atomic mass is 16.5. The van der Waals surface area contributed by atoms with Crippen LogP contribution >= 0.6 is 0 Å². The second-order valence-electron chi connectivity index (χ2n) is 4.77. The van der Waals surface area contributed by atoms with Gasteiger partial charge in [-0.05, 0) is 37.1 Å². The Morgan fingerprint density at radius 3 is 2.32 bits per heavy atom. The minimum Gasteiger partial charge on any atom is -0.496 e. The van der Waals surface area contributed by atoms with Crippen LogP contribution < -0.4 is 4.74 Å². The Balaban J connectivity index is 2.45. The van der Waals surface area contributed by atoms with E-state index < -0.39 is 17.2 Å². The molecule has 1 heterocycles. The number of Topliss-reactive ketones (excluding diaryl/α,β-unsaturated/α-hetero) is 1. The fourth-order valence-corrected chi connectivity index (χ4v) is 2.18. The van der Waals surface area contributed by atoms with E-state index in [4.69, 9.17) is 9.47 Å². The van der Waals surface area contributed by atoms with E-state index in [1.165, 1.54) is 0 Å². The number of hydrogen-bond donors (Lipinski definition) is 1. The maximum Gasteiger partial charge on any atom is 0.322 e. The van der Waals surface area contributed by atoms with Crippen LogP contribution in [0.3, 0.4) is 0 Å². The van der Waals surface area contributed by atoms with Crippen LogP contribution in [-0.4, -0.2) is 37.2 Å². The molecule has 102 valence electrons. The summed E-state index contributed by atoms with van der Waals surface area (Å²) in [5, 5.41) is 9.25. The number of aliphatic carboxylic acids is 1. The molecule has 0 radical (unpaired) electrons. The smallest absolute Gasteiger partial charge is 0.322 e. The van der Waals surface area contributed by atoms with Crippen molar-refractivity contribution in [1.82, 2.24) is 0 Å². The number of rotatable bonds is 4. The van der Waals surface area contributed by atoms with Gasteiger partial charge >= 0.3 is 5.97 Å². The zero-order valence-corrected chi connectivity index (χ0v) is 11.1. The van der Waals surface area contributed by atoms with Crippen LogP contribution in [0.15, 0.2) is 12.1 Å². The molecule has 19 heavy (non-hydrogen) atoms. The molecule has 1 fully saturated rings. The Morgan fingerprint density at radius 2 is 1.89 bits per heavy atom. The fraction of sp³-hybridized carbons (Fsp3) is 0.429. The molecule has 1 aliphatic heterocycles. The Bertz CT molecular complexity index is 543. The van der Waals surface area contributed by atoms with Crippen molar-refractivity contribution in [3.8, 4) is 5.75 Å². The third kappa shape index (κ3) is 1.90. The van der Waals surface area contributed by atoms with Crippen LogP contribution in [0, 0.1) is 19.3 Å². The Labute approximate surface area is 111 Å². The highest BCUT2D eigenvalue weighted by Gasteiger charge is 2.53. The summed E-state index contributed by atoms with van der Waals surface area (Å²) in [5.74, 6) is -0.839. The summed E-state index contributed by atoms with van der Waals surface area (Å²) in [6.45, 7) is 3.51. The molecule has 1 aliphatic rings. The molecule has 5 heteroatoms. The molecule has 0 atom stereocenters. The van der Waals surface area contributed by atoms with Gasteiger partial charge in [-0.15, -0.1) is 0 Å². The lowest BCUT2D eigenvalue weighted by atomic mass is 9.77. The van der Waals surface area contributed by atoms with E-state index >= 15 is 0 Å². The maximum absolute atomic E-state index is 12.5. The minimum absolute atomic E-state index is 0.0638. The number of methoxy groups -OCH3 is 1. The van der Waals surface area contributed by atoms with Gasteiger partial charge in [0.05, 0.1) is 20.3 Å². The summed E-state index contributed by atoms with van der Waals surface area (Å²) in [6, 6.07) is 3.30. The first-order chi connectivity index (χ1) is 8.94. The first kappa shape index (κ1) is 13.5. The summed E-state index contributed by atoms with van der Waals surface area (Å²) in [4.78, 5) is 23.8. The molecular formula is C14H16O5. The van der Waals surface area contributed by atoms with Gasteiger partial charge in [-0.25, -0.2) is 0 Å². The van der Waals surface area contributed by atoms with Crippen molar-refractivity contribution in [2.24, 2.45) is 5.41 Å². The highest BCUT2D eigenvalue weighted by molar-refractivity contribution is 6.13. The van der Waals surface area contributed by atoms with E-state index in [1.54, 1.807) is 26.2 Å². The van der Waals surface area contributed by atoms with Crippen molar-refractivity contribution < 1.29 is 24.2 Å². The normalized spacial score (nSPS) is 16.6. The first-order valence-corrected chi connectivity index (χ1v) is 5.94. The zero-order chi connectivity index (χ0) is 14.2. The molecule has 2 rings (SSSR count). The average Bonchev–Trinajstić information content (AvgIpc) is 2.30. The minimum atomic E-state index is -1.42. The van der Waals surface area contributed by atoms with Crippen LogP contribution in [0.1, 0.15) is 21.5 Å². The molecule has 0 unspecified atom stereocenters. The lowest BCUT2D eigenvalue weighted by Crippen LogP contribution is -2.55. The van der Waals surface area contributed by atoms with Crippen molar-refractivity contribution >= 4 is 11.8 Å². The van der Waals surface area contributed by atoms with Gasteiger partial charge in [0.2, 0.25) is 0 Å². The van der Waals surface area contributed by atoms with E-state index in [0.29, 0.717) is 11.3 Å². The molecule has 5 nitrogen and oxygen atoms in total. The fourth-order valence-electron chi connectivity index (χ4n) is 2.18. The predicted molar refractivity (Wildman–Crippen MR) is 67.7 cm³/mol. The molecule has 1 aromatic carbocycles. The molecule has 1 N–H and O–H groups in total. The summed E-state index contributed by atoms with van der Waals surface area (Å²) >= 11 is 0. The van der Waals surface area contributed by atoms with Crippen LogP contribution in [-0.2, 0) is 9.53 Å². The van der Waals surface area contributed by atoms with Gasteiger partial charge in [-0.1, -0.05) is 0 Å². The third-order valence-electron chi connectivity index (χ3n) is 3.74. The molecule has 0 aromatic heterocycles. The predicted octanol–water partition coefficient (Wildman–Crippen LogP) is 1.60. The topological polar surface area (TPSA) is 72.8 Å². The largest absolute Gasteiger partial charge is 0.496 e. The molecule has 0 spiro atoms. The van der Waals surface area contributed by atoms with Crippen LogP contribution in [0.2, 0.25) is 0 Å². The standard InChI is InChI=1S/C14H16O5/c1-8-9(2)11(18-3)5-4-10(8)12(15)14(13(16)17)6-19-7-14/h4-5H,6-7H2,1-3H3,(H,16,17). The van der Waals surface area contributed by atoms with Crippen molar-refractivity contribution in [2.75, 3.05) is 20.3 Å². The Hall–Kier alpha value is -1.88. The second kappa shape index (κ2) is 4.66. The van der Waals surface area contributed by atoms with Crippen LogP contribution in [0.5, 0.6) is 5.75 Å². The molecule has 0 aliphatic carbocycles. The van der Waals surface area contributed by atoms with E-state index in [2.05, 4.69) is 0 Å². The van der Waals surface area contributed by atoms with E-state index in [-0.39, 0.29) is 13.2 Å². The van der Waals surface area contributed by atoms with Crippen LogP contribution in [0.25, 0.3) is 0 Å². The van der Waals surface area contributed by atoms with Crippen LogP contribution in [0.4, 0.5) is 0 Å². The number of carbonyl (C=O) groups excluding carboxylic acids is 1. The van der Waals surface area contributed by atoms with Gasteiger partial charge < -0.3 is 14.6 Å². The number of benzene rings is 1. The number of ether oxygens (including phenoxy) is 2.